The maximum absolute atomic E-state index is 11.7. The monoisotopic (exact) mass is 290 g/mol. The highest BCUT2D eigenvalue weighted by molar-refractivity contribution is 7.91. The van der Waals surface area contributed by atoms with Crippen molar-refractivity contribution in [2.75, 3.05) is 31.1 Å². The van der Waals surface area contributed by atoms with Crippen molar-refractivity contribution in [3.8, 4) is 0 Å². The zero-order valence-corrected chi connectivity index (χ0v) is 13.9. The van der Waals surface area contributed by atoms with Gasteiger partial charge < -0.3 is 5.32 Å². The Morgan fingerprint density at radius 2 is 1.79 bits per heavy atom. The van der Waals surface area contributed by atoms with Crippen LogP contribution in [0.1, 0.15) is 41.0 Å². The first-order valence-corrected chi connectivity index (χ1v) is 9.12. The lowest BCUT2D eigenvalue weighted by atomic mass is 10.00. The van der Waals surface area contributed by atoms with Gasteiger partial charge in [-0.2, -0.15) is 0 Å². The second-order valence-corrected chi connectivity index (χ2v) is 9.29. The summed E-state index contributed by atoms with van der Waals surface area (Å²) in [5.74, 6) is 1.18. The second-order valence-electron chi connectivity index (χ2n) is 6.98. The molecule has 1 atom stereocenters. The van der Waals surface area contributed by atoms with Gasteiger partial charge in [0, 0.05) is 24.7 Å². The summed E-state index contributed by atoms with van der Waals surface area (Å²) in [6, 6.07) is 0.410. The van der Waals surface area contributed by atoms with Gasteiger partial charge in [-0.05, 0) is 39.7 Å². The Hall–Kier alpha value is -0.130. The summed E-state index contributed by atoms with van der Waals surface area (Å²) in [6.45, 7) is 13.4. The molecule has 1 fully saturated rings. The van der Waals surface area contributed by atoms with Crippen LogP contribution in [-0.2, 0) is 9.84 Å². The highest BCUT2D eigenvalue weighted by atomic mass is 32.2. The molecule has 1 rings (SSSR count). The van der Waals surface area contributed by atoms with Gasteiger partial charge in [0.05, 0.1) is 11.5 Å². The van der Waals surface area contributed by atoms with Crippen LogP contribution in [0.4, 0.5) is 0 Å². The molecule has 5 heteroatoms. The molecule has 0 aromatic carbocycles. The number of sulfone groups is 1. The first-order chi connectivity index (χ1) is 8.61. The fourth-order valence-corrected chi connectivity index (χ4v) is 3.77. The number of nitrogens with zero attached hydrogens (tertiary/aromatic N) is 1. The predicted octanol–water partition coefficient (Wildman–Crippen LogP) is 1.52. The van der Waals surface area contributed by atoms with Crippen molar-refractivity contribution in [1.82, 2.24) is 10.2 Å². The smallest absolute Gasteiger partial charge is 0.151 e. The van der Waals surface area contributed by atoms with Crippen molar-refractivity contribution < 1.29 is 8.42 Å². The molecule has 1 heterocycles. The summed E-state index contributed by atoms with van der Waals surface area (Å²) < 4.78 is 23.4. The van der Waals surface area contributed by atoms with Gasteiger partial charge in [-0.25, -0.2) is 8.42 Å². The Morgan fingerprint density at radius 1 is 1.16 bits per heavy atom. The molecule has 1 aliphatic heterocycles. The predicted molar refractivity (Wildman–Crippen MR) is 81.2 cm³/mol. The van der Waals surface area contributed by atoms with Gasteiger partial charge in [0.15, 0.2) is 9.84 Å². The molecule has 0 aliphatic carbocycles. The summed E-state index contributed by atoms with van der Waals surface area (Å²) in [6.07, 6.45) is 0.765. The van der Waals surface area contributed by atoms with Crippen molar-refractivity contribution in [3.63, 3.8) is 0 Å². The first-order valence-electron chi connectivity index (χ1n) is 7.30. The molecule has 0 saturated carbocycles. The van der Waals surface area contributed by atoms with Crippen LogP contribution in [0.15, 0.2) is 0 Å². The van der Waals surface area contributed by atoms with E-state index < -0.39 is 9.84 Å². The van der Waals surface area contributed by atoms with Gasteiger partial charge in [-0.1, -0.05) is 13.8 Å². The van der Waals surface area contributed by atoms with E-state index in [0.717, 1.165) is 19.5 Å². The van der Waals surface area contributed by atoms with Crippen LogP contribution in [0, 0.1) is 5.92 Å². The molecule has 4 nitrogen and oxygen atoms in total. The molecule has 0 amide bonds. The molecule has 0 spiro atoms. The van der Waals surface area contributed by atoms with Gasteiger partial charge >= 0.3 is 0 Å². The van der Waals surface area contributed by atoms with Crippen LogP contribution in [0.2, 0.25) is 0 Å². The largest absolute Gasteiger partial charge is 0.311 e. The molecule has 1 aliphatic rings. The van der Waals surface area contributed by atoms with Crippen LogP contribution >= 0.6 is 0 Å². The third-order valence-corrected chi connectivity index (χ3v) is 5.39. The van der Waals surface area contributed by atoms with Crippen LogP contribution in [0.25, 0.3) is 0 Å². The second kappa shape index (κ2) is 6.55. The quantitative estimate of drug-likeness (QED) is 0.853. The van der Waals surface area contributed by atoms with E-state index in [4.69, 9.17) is 0 Å². The van der Waals surface area contributed by atoms with E-state index in [9.17, 15) is 8.42 Å². The molecular weight excluding hydrogens is 260 g/mol. The SMILES string of the molecule is CC(C)C(CNC(C)(C)C)N1CCCS(=O)(=O)CC1. The lowest BCUT2D eigenvalue weighted by Gasteiger charge is -2.35. The van der Waals surface area contributed by atoms with E-state index in [-0.39, 0.29) is 5.54 Å². The third-order valence-electron chi connectivity index (χ3n) is 3.67. The minimum Gasteiger partial charge on any atom is -0.311 e. The molecule has 0 aromatic rings. The standard InChI is InChI=1S/C14H30N2O2S/c1-12(2)13(11-15-14(3,4)5)16-7-6-9-19(17,18)10-8-16/h12-13,15H,6-11H2,1-5H3. The van der Waals surface area contributed by atoms with Crippen LogP contribution in [-0.4, -0.2) is 56.0 Å². The van der Waals surface area contributed by atoms with Crippen molar-refractivity contribution in [2.45, 2.75) is 52.6 Å². The van der Waals surface area contributed by atoms with E-state index in [0.29, 0.717) is 30.0 Å². The molecule has 0 bridgehead atoms. The van der Waals surface area contributed by atoms with Gasteiger partial charge in [-0.15, -0.1) is 0 Å². The Balaban J connectivity index is 2.66. The van der Waals surface area contributed by atoms with Gasteiger partial charge in [0.1, 0.15) is 0 Å². The van der Waals surface area contributed by atoms with E-state index in [1.807, 2.05) is 0 Å². The highest BCUT2D eigenvalue weighted by Gasteiger charge is 2.27. The van der Waals surface area contributed by atoms with Gasteiger partial charge in [-0.3, -0.25) is 4.90 Å². The fraction of sp³-hybridized carbons (Fsp3) is 1.00. The van der Waals surface area contributed by atoms with E-state index >= 15 is 0 Å². The molecule has 1 unspecified atom stereocenters. The van der Waals surface area contributed by atoms with Gasteiger partial charge in [0.25, 0.3) is 0 Å². The van der Waals surface area contributed by atoms with Crippen molar-refractivity contribution >= 4 is 9.84 Å². The number of rotatable bonds is 4. The summed E-state index contributed by atoms with van der Waals surface area (Å²) in [7, 11) is -2.82. The zero-order valence-electron chi connectivity index (χ0n) is 13.1. The lowest BCUT2D eigenvalue weighted by molar-refractivity contribution is 0.154. The Morgan fingerprint density at radius 3 is 2.32 bits per heavy atom. The van der Waals surface area contributed by atoms with Crippen molar-refractivity contribution in [2.24, 2.45) is 5.92 Å². The average Bonchev–Trinajstić information content (AvgIpc) is 2.38. The topological polar surface area (TPSA) is 49.4 Å². The molecule has 0 radical (unpaired) electrons. The lowest BCUT2D eigenvalue weighted by Crippen LogP contribution is -2.50. The Labute approximate surface area is 118 Å². The van der Waals surface area contributed by atoms with Crippen molar-refractivity contribution in [3.05, 3.63) is 0 Å². The minimum absolute atomic E-state index is 0.102. The summed E-state index contributed by atoms with van der Waals surface area (Å²) in [5.41, 5.74) is 0.102. The number of hydrogen-bond donors (Lipinski definition) is 1. The zero-order chi connectivity index (χ0) is 14.7. The summed E-state index contributed by atoms with van der Waals surface area (Å²) in [5, 5.41) is 3.55. The number of nitrogens with one attached hydrogen (secondary N) is 1. The average molecular weight is 290 g/mol. The van der Waals surface area contributed by atoms with Crippen LogP contribution in [0.5, 0.6) is 0 Å². The van der Waals surface area contributed by atoms with E-state index in [2.05, 4.69) is 44.8 Å². The minimum atomic E-state index is -2.82. The Bertz CT molecular complexity index is 371. The van der Waals surface area contributed by atoms with Gasteiger partial charge in [0.2, 0.25) is 0 Å². The van der Waals surface area contributed by atoms with Crippen molar-refractivity contribution in [1.29, 1.82) is 0 Å². The fourth-order valence-electron chi connectivity index (χ4n) is 2.49. The van der Waals surface area contributed by atoms with Crippen LogP contribution in [0.3, 0.4) is 0 Å². The highest BCUT2D eigenvalue weighted by Crippen LogP contribution is 2.15. The molecule has 1 saturated heterocycles. The van der Waals surface area contributed by atoms with E-state index in [1.54, 1.807) is 0 Å². The van der Waals surface area contributed by atoms with Crippen LogP contribution < -0.4 is 5.32 Å². The molecule has 0 aromatic heterocycles. The summed E-state index contributed by atoms with van der Waals surface area (Å²) in [4.78, 5) is 2.36. The summed E-state index contributed by atoms with van der Waals surface area (Å²) >= 11 is 0. The molecule has 19 heavy (non-hydrogen) atoms. The molecule has 114 valence electrons. The van der Waals surface area contributed by atoms with E-state index in [1.165, 1.54) is 0 Å². The normalized spacial score (nSPS) is 23.3. The Kier molecular flexibility index (Phi) is 5.83. The maximum Gasteiger partial charge on any atom is 0.151 e. The first kappa shape index (κ1) is 16.9. The number of hydrogen-bond acceptors (Lipinski definition) is 4. The third kappa shape index (κ3) is 6.23. The maximum atomic E-state index is 11.7. The molecular formula is C14H30N2O2S. The molecule has 1 N–H and O–H groups in total.